The van der Waals surface area contributed by atoms with E-state index in [2.05, 4.69) is 47.3 Å². The van der Waals surface area contributed by atoms with Gasteiger partial charge in [-0.05, 0) is 117 Å². The van der Waals surface area contributed by atoms with Crippen molar-refractivity contribution in [2.75, 3.05) is 0 Å². The van der Waals surface area contributed by atoms with Crippen molar-refractivity contribution >= 4 is 0 Å². The van der Waals surface area contributed by atoms with Gasteiger partial charge in [0.1, 0.15) is 0 Å². The minimum atomic E-state index is -0.0852. The summed E-state index contributed by atoms with van der Waals surface area (Å²) >= 11 is 0. The molecular weight excluding hydrogens is 352 g/mol. The Hall–Kier alpha value is -0.560. The zero-order chi connectivity index (χ0) is 21.0. The smallest absolute Gasteiger partial charge is 0.0577 e. The zero-order valence-electron chi connectivity index (χ0n) is 19.8. The van der Waals surface area contributed by atoms with Crippen molar-refractivity contribution in [1.29, 1.82) is 0 Å². The molecule has 29 heavy (non-hydrogen) atoms. The van der Waals surface area contributed by atoms with Crippen molar-refractivity contribution in [1.82, 2.24) is 0 Å². The zero-order valence-corrected chi connectivity index (χ0v) is 19.8. The average molecular weight is 399 g/mol. The van der Waals surface area contributed by atoms with Crippen molar-refractivity contribution in [2.45, 2.75) is 105 Å². The average Bonchev–Trinajstić information content (AvgIpc) is 3.03. The van der Waals surface area contributed by atoms with Crippen molar-refractivity contribution < 1.29 is 5.11 Å². The second kappa shape index (κ2) is 7.85. The van der Waals surface area contributed by atoms with Crippen LogP contribution in [0.4, 0.5) is 0 Å². The Bertz CT molecular complexity index is 661. The van der Waals surface area contributed by atoms with Crippen LogP contribution in [-0.2, 0) is 0 Å². The van der Waals surface area contributed by atoms with Gasteiger partial charge in [0, 0.05) is 0 Å². The highest BCUT2D eigenvalue weighted by Crippen LogP contribution is 2.67. The lowest BCUT2D eigenvalue weighted by Gasteiger charge is -2.58. The largest absolute Gasteiger partial charge is 0.393 e. The summed E-state index contributed by atoms with van der Waals surface area (Å²) in [6, 6.07) is 0. The molecule has 0 spiro atoms. The molecule has 7 unspecified atom stereocenters. The van der Waals surface area contributed by atoms with E-state index in [4.69, 9.17) is 0 Å². The van der Waals surface area contributed by atoms with E-state index < -0.39 is 0 Å². The molecule has 0 bridgehead atoms. The van der Waals surface area contributed by atoms with Crippen LogP contribution in [0.2, 0.25) is 0 Å². The van der Waals surface area contributed by atoms with Gasteiger partial charge in [0.2, 0.25) is 0 Å². The maximum Gasteiger partial charge on any atom is 0.0577 e. The summed E-state index contributed by atoms with van der Waals surface area (Å²) in [5.74, 6) is 5.11. The first kappa shape index (κ1) is 21.7. The van der Waals surface area contributed by atoms with Gasteiger partial charge in [-0.15, -0.1) is 0 Å². The van der Waals surface area contributed by atoms with Gasteiger partial charge in [-0.25, -0.2) is 0 Å². The molecule has 0 saturated heterocycles. The third-order valence-corrected chi connectivity index (χ3v) is 10.7. The third-order valence-electron chi connectivity index (χ3n) is 10.7. The van der Waals surface area contributed by atoms with Gasteiger partial charge in [-0.1, -0.05) is 51.5 Å². The number of hydrogen-bond donors (Lipinski definition) is 1. The van der Waals surface area contributed by atoms with Crippen LogP contribution in [0.3, 0.4) is 0 Å². The van der Waals surface area contributed by atoms with Gasteiger partial charge >= 0.3 is 0 Å². The fourth-order valence-electron chi connectivity index (χ4n) is 8.58. The molecule has 0 aromatic heterocycles. The molecule has 1 nitrogen and oxygen atoms in total. The first-order chi connectivity index (χ1) is 13.7. The fourth-order valence-corrected chi connectivity index (χ4v) is 8.58. The molecule has 0 aliphatic heterocycles. The summed E-state index contributed by atoms with van der Waals surface area (Å²) in [5, 5.41) is 10.2. The van der Waals surface area contributed by atoms with Gasteiger partial charge in [0.05, 0.1) is 6.10 Å². The molecule has 0 aromatic rings. The van der Waals surface area contributed by atoms with Gasteiger partial charge < -0.3 is 5.11 Å². The van der Waals surface area contributed by atoms with Crippen molar-refractivity contribution in [2.24, 2.45) is 46.3 Å². The number of aliphatic hydroxyl groups excluding tert-OH is 1. The molecule has 0 aromatic carbocycles. The van der Waals surface area contributed by atoms with Crippen molar-refractivity contribution in [3.63, 3.8) is 0 Å². The molecule has 3 saturated carbocycles. The summed E-state index contributed by atoms with van der Waals surface area (Å²) < 4.78 is 0. The standard InChI is InChI=1S/C28H46O/c1-18(2)19(3)7-8-20(4)24-11-12-25-23-10-9-21-17-22(29)13-15-27(21,5)26(23)14-16-28(24,25)6/h9,19-20,22-26,29H,1,7-8,10-17H2,2-6H3/t19-,20+,22?,23?,24?,25?,26?,27?,28?/m0/s1. The lowest BCUT2D eigenvalue weighted by Crippen LogP contribution is -2.50. The first-order valence-electron chi connectivity index (χ1n) is 12.7. The molecule has 0 radical (unpaired) electrons. The minimum absolute atomic E-state index is 0.0852. The van der Waals surface area contributed by atoms with E-state index in [0.29, 0.717) is 16.7 Å². The first-order valence-corrected chi connectivity index (χ1v) is 12.7. The predicted molar refractivity (Wildman–Crippen MR) is 124 cm³/mol. The van der Waals surface area contributed by atoms with Crippen LogP contribution in [0, 0.1) is 46.3 Å². The van der Waals surface area contributed by atoms with Crippen LogP contribution in [0.15, 0.2) is 23.8 Å². The summed E-state index contributed by atoms with van der Waals surface area (Å²) in [5.41, 5.74) is 3.90. The Morgan fingerprint density at radius 3 is 2.59 bits per heavy atom. The normalized spacial score (nSPS) is 46.1. The topological polar surface area (TPSA) is 20.2 Å². The van der Waals surface area contributed by atoms with E-state index in [1.807, 2.05) is 0 Å². The van der Waals surface area contributed by atoms with E-state index in [0.717, 1.165) is 42.4 Å². The Kier molecular flexibility index (Phi) is 5.86. The van der Waals surface area contributed by atoms with E-state index >= 15 is 0 Å². The van der Waals surface area contributed by atoms with E-state index in [-0.39, 0.29) is 6.10 Å². The number of allylic oxidation sites excluding steroid dienone is 2. The lowest BCUT2D eigenvalue weighted by atomic mass is 9.47. The molecule has 1 N–H and O–H groups in total. The summed E-state index contributed by atoms with van der Waals surface area (Å²) in [4.78, 5) is 0. The number of fused-ring (bicyclic) bond motifs is 5. The number of rotatable bonds is 5. The van der Waals surface area contributed by atoms with Gasteiger partial charge in [-0.3, -0.25) is 0 Å². The minimum Gasteiger partial charge on any atom is -0.393 e. The van der Waals surface area contributed by atoms with Crippen molar-refractivity contribution in [3.8, 4) is 0 Å². The molecule has 9 atom stereocenters. The molecule has 4 aliphatic rings. The van der Waals surface area contributed by atoms with Crippen LogP contribution in [0.5, 0.6) is 0 Å². The summed E-state index contributed by atoms with van der Waals surface area (Å²) in [6.45, 7) is 16.5. The number of aliphatic hydroxyl groups is 1. The van der Waals surface area contributed by atoms with Crippen LogP contribution in [-0.4, -0.2) is 11.2 Å². The monoisotopic (exact) mass is 398 g/mol. The predicted octanol–water partition coefficient (Wildman–Crippen LogP) is 7.55. The maximum atomic E-state index is 10.2. The molecule has 0 heterocycles. The van der Waals surface area contributed by atoms with E-state index in [1.54, 1.807) is 5.57 Å². The Balaban J connectivity index is 1.49. The maximum absolute atomic E-state index is 10.2. The summed E-state index contributed by atoms with van der Waals surface area (Å²) in [7, 11) is 0. The van der Waals surface area contributed by atoms with Gasteiger partial charge in [0.15, 0.2) is 0 Å². The second-order valence-corrected chi connectivity index (χ2v) is 12.2. The molecule has 1 heteroatoms. The van der Waals surface area contributed by atoms with Crippen LogP contribution >= 0.6 is 0 Å². The molecule has 4 rings (SSSR count). The van der Waals surface area contributed by atoms with Crippen LogP contribution in [0.1, 0.15) is 98.8 Å². The van der Waals surface area contributed by atoms with Gasteiger partial charge in [-0.2, -0.15) is 0 Å². The Labute approximate surface area is 180 Å². The molecule has 0 amide bonds. The van der Waals surface area contributed by atoms with Crippen LogP contribution < -0.4 is 0 Å². The highest BCUT2D eigenvalue weighted by atomic mass is 16.3. The Morgan fingerprint density at radius 1 is 1.10 bits per heavy atom. The second-order valence-electron chi connectivity index (χ2n) is 12.2. The lowest BCUT2D eigenvalue weighted by molar-refractivity contribution is -0.0573. The fraction of sp³-hybridized carbons (Fsp3) is 0.857. The van der Waals surface area contributed by atoms with Crippen molar-refractivity contribution in [3.05, 3.63) is 23.8 Å². The highest BCUT2D eigenvalue weighted by Gasteiger charge is 2.59. The Morgan fingerprint density at radius 2 is 1.86 bits per heavy atom. The van der Waals surface area contributed by atoms with E-state index in [9.17, 15) is 5.11 Å². The molecule has 4 aliphatic carbocycles. The third kappa shape index (κ3) is 3.58. The number of hydrogen-bond acceptors (Lipinski definition) is 1. The van der Waals surface area contributed by atoms with E-state index in [1.165, 1.54) is 56.9 Å². The van der Waals surface area contributed by atoms with Gasteiger partial charge in [0.25, 0.3) is 0 Å². The highest BCUT2D eigenvalue weighted by molar-refractivity contribution is 5.25. The molecule has 164 valence electrons. The quantitative estimate of drug-likeness (QED) is 0.474. The molecular formula is C28H46O. The SMILES string of the molecule is C=C(C)[C@@H](C)CC[C@@H](C)C1CCC2C3CC=C4CC(O)CCC4(C)C3CCC21C. The summed E-state index contributed by atoms with van der Waals surface area (Å²) in [6.07, 6.45) is 15.4. The van der Waals surface area contributed by atoms with Crippen LogP contribution in [0.25, 0.3) is 0 Å². The molecule has 3 fully saturated rings.